The van der Waals surface area contributed by atoms with Gasteiger partial charge in [-0.2, -0.15) is 0 Å². The largest absolute Gasteiger partial charge is 0.269 e. The van der Waals surface area contributed by atoms with Crippen LogP contribution in [-0.4, -0.2) is 9.38 Å². The molecule has 0 saturated carbocycles. The Hall–Kier alpha value is -0.430. The molecule has 0 bridgehead atoms. The summed E-state index contributed by atoms with van der Waals surface area (Å²) in [6, 6.07) is 3.36. The lowest BCUT2D eigenvalue weighted by Gasteiger charge is -2.01. The molecule has 3 nitrogen and oxygen atoms in total. The average molecular weight is 351 g/mol. The van der Waals surface area contributed by atoms with Crippen LogP contribution in [0.25, 0.3) is 5.65 Å². The van der Waals surface area contributed by atoms with E-state index in [0.717, 1.165) is 8.04 Å². The minimum Gasteiger partial charge on any atom is -0.269 e. The molecular formula is C8H4BrIN2O. The Bertz CT molecular complexity index is 523. The van der Waals surface area contributed by atoms with Crippen LogP contribution in [-0.2, 0) is 0 Å². The first-order valence-corrected chi connectivity index (χ1v) is 5.38. The highest BCUT2D eigenvalue weighted by Gasteiger charge is 2.01. The van der Waals surface area contributed by atoms with Gasteiger partial charge in [-0.1, -0.05) is 0 Å². The smallest absolute Gasteiger partial charge is 0.257 e. The predicted molar refractivity (Wildman–Crippen MR) is 61.9 cm³/mol. The van der Waals surface area contributed by atoms with Crippen molar-refractivity contribution in [3.05, 3.63) is 42.9 Å². The number of fused-ring (bicyclic) bond motifs is 1. The van der Waals surface area contributed by atoms with Gasteiger partial charge in [0.25, 0.3) is 5.56 Å². The third kappa shape index (κ3) is 1.62. The van der Waals surface area contributed by atoms with Gasteiger partial charge in [-0.05, 0) is 44.6 Å². The summed E-state index contributed by atoms with van der Waals surface area (Å²) < 4.78 is 3.34. The fourth-order valence-corrected chi connectivity index (χ4v) is 2.66. The monoisotopic (exact) mass is 350 g/mol. The van der Waals surface area contributed by atoms with E-state index in [1.165, 1.54) is 16.7 Å². The Morgan fingerprint density at radius 2 is 2.31 bits per heavy atom. The maximum Gasteiger partial charge on any atom is 0.257 e. The lowest BCUT2D eigenvalue weighted by atomic mass is 10.4. The molecule has 0 atom stereocenters. The summed E-state index contributed by atoms with van der Waals surface area (Å²) in [7, 11) is 0. The molecule has 66 valence electrons. The average Bonchev–Trinajstić information content (AvgIpc) is 2.07. The van der Waals surface area contributed by atoms with Crippen molar-refractivity contribution in [2.75, 3.05) is 0 Å². The Labute approximate surface area is 96.1 Å². The number of nitrogens with zero attached hydrogens (tertiary/aromatic N) is 2. The molecule has 0 fully saturated rings. The Balaban J connectivity index is 3.03. The van der Waals surface area contributed by atoms with Crippen molar-refractivity contribution in [1.29, 1.82) is 0 Å². The van der Waals surface area contributed by atoms with E-state index in [0.29, 0.717) is 5.65 Å². The second-order valence-electron chi connectivity index (χ2n) is 2.48. The summed E-state index contributed by atoms with van der Waals surface area (Å²) >= 11 is 5.47. The summed E-state index contributed by atoms with van der Waals surface area (Å²) in [4.78, 5) is 15.5. The molecule has 0 aromatic carbocycles. The van der Waals surface area contributed by atoms with Gasteiger partial charge in [0, 0.05) is 22.9 Å². The second-order valence-corrected chi connectivity index (χ2v) is 4.56. The van der Waals surface area contributed by atoms with Gasteiger partial charge >= 0.3 is 0 Å². The maximum absolute atomic E-state index is 11.4. The van der Waals surface area contributed by atoms with Crippen molar-refractivity contribution in [2.45, 2.75) is 0 Å². The van der Waals surface area contributed by atoms with Crippen LogP contribution >= 0.6 is 38.5 Å². The van der Waals surface area contributed by atoms with E-state index in [2.05, 4.69) is 43.5 Å². The Morgan fingerprint density at radius 1 is 1.54 bits per heavy atom. The van der Waals surface area contributed by atoms with Crippen molar-refractivity contribution < 1.29 is 0 Å². The van der Waals surface area contributed by atoms with Gasteiger partial charge in [-0.25, -0.2) is 4.98 Å². The Kier molecular flexibility index (Phi) is 2.37. The molecule has 0 spiro atoms. The first kappa shape index (κ1) is 9.14. The highest BCUT2D eigenvalue weighted by molar-refractivity contribution is 14.1. The van der Waals surface area contributed by atoms with Crippen LogP contribution in [0.2, 0.25) is 0 Å². The Morgan fingerprint density at radius 3 is 3.08 bits per heavy atom. The van der Waals surface area contributed by atoms with Gasteiger partial charge in [-0.15, -0.1) is 0 Å². The first-order valence-electron chi connectivity index (χ1n) is 3.51. The van der Waals surface area contributed by atoms with Crippen LogP contribution < -0.4 is 5.56 Å². The molecule has 0 aliphatic rings. The highest BCUT2D eigenvalue weighted by atomic mass is 127. The molecule has 2 aromatic heterocycles. The van der Waals surface area contributed by atoms with Gasteiger partial charge in [0.05, 0.1) is 3.57 Å². The zero-order chi connectivity index (χ0) is 9.42. The van der Waals surface area contributed by atoms with Crippen LogP contribution in [0, 0.1) is 3.57 Å². The quantitative estimate of drug-likeness (QED) is 0.682. The molecule has 0 aliphatic heterocycles. The van der Waals surface area contributed by atoms with Crippen LogP contribution in [0.4, 0.5) is 0 Å². The number of aromatic nitrogens is 2. The number of rotatable bonds is 0. The molecule has 0 radical (unpaired) electrons. The molecule has 0 saturated heterocycles. The molecule has 0 aliphatic carbocycles. The van der Waals surface area contributed by atoms with E-state index < -0.39 is 0 Å². The fourth-order valence-electron chi connectivity index (χ4n) is 1.07. The van der Waals surface area contributed by atoms with Crippen molar-refractivity contribution in [3.63, 3.8) is 0 Å². The topological polar surface area (TPSA) is 34.4 Å². The molecule has 5 heteroatoms. The van der Waals surface area contributed by atoms with E-state index in [1.807, 2.05) is 6.07 Å². The summed E-state index contributed by atoms with van der Waals surface area (Å²) in [5.41, 5.74) is 0.625. The molecule has 13 heavy (non-hydrogen) atoms. The van der Waals surface area contributed by atoms with Crippen molar-refractivity contribution in [3.8, 4) is 0 Å². The third-order valence-electron chi connectivity index (χ3n) is 1.61. The minimum atomic E-state index is -0.0655. The van der Waals surface area contributed by atoms with Crippen LogP contribution in [0.1, 0.15) is 0 Å². The number of hydrogen-bond donors (Lipinski definition) is 0. The van der Waals surface area contributed by atoms with Gasteiger partial charge < -0.3 is 0 Å². The molecular weight excluding hydrogens is 347 g/mol. The fraction of sp³-hybridized carbons (Fsp3) is 0. The van der Waals surface area contributed by atoms with Crippen LogP contribution in [0.5, 0.6) is 0 Å². The van der Waals surface area contributed by atoms with Crippen molar-refractivity contribution >= 4 is 44.2 Å². The first-order chi connectivity index (χ1) is 6.18. The standard InChI is InChI=1S/C8H4BrIN2O/c9-5-3-6(10)8-11-2-1-7(13)12(8)4-5/h1-4H. The summed E-state index contributed by atoms with van der Waals surface area (Å²) in [5, 5.41) is 0. The van der Waals surface area contributed by atoms with Crippen LogP contribution in [0.3, 0.4) is 0 Å². The lowest BCUT2D eigenvalue weighted by Crippen LogP contribution is -2.13. The summed E-state index contributed by atoms with van der Waals surface area (Å²) in [6.45, 7) is 0. The molecule has 2 rings (SSSR count). The van der Waals surface area contributed by atoms with Crippen molar-refractivity contribution in [2.24, 2.45) is 0 Å². The SMILES string of the molecule is O=c1ccnc2c(I)cc(Br)cn12. The molecule has 0 amide bonds. The normalized spacial score (nSPS) is 10.6. The molecule has 0 N–H and O–H groups in total. The maximum atomic E-state index is 11.4. The van der Waals surface area contributed by atoms with E-state index in [1.54, 1.807) is 6.20 Å². The van der Waals surface area contributed by atoms with Crippen molar-refractivity contribution in [1.82, 2.24) is 9.38 Å². The lowest BCUT2D eigenvalue weighted by molar-refractivity contribution is 1.03. The number of halogens is 2. The van der Waals surface area contributed by atoms with E-state index in [-0.39, 0.29) is 5.56 Å². The van der Waals surface area contributed by atoms with E-state index in [4.69, 9.17) is 0 Å². The highest BCUT2D eigenvalue weighted by Crippen LogP contribution is 2.16. The van der Waals surface area contributed by atoms with E-state index in [9.17, 15) is 4.79 Å². The molecule has 2 aromatic rings. The van der Waals surface area contributed by atoms with Gasteiger partial charge in [0.2, 0.25) is 0 Å². The van der Waals surface area contributed by atoms with Gasteiger partial charge in [-0.3, -0.25) is 9.20 Å². The van der Waals surface area contributed by atoms with Gasteiger partial charge in [0.1, 0.15) is 0 Å². The summed E-state index contributed by atoms with van der Waals surface area (Å²) in [5.74, 6) is 0. The van der Waals surface area contributed by atoms with E-state index >= 15 is 0 Å². The zero-order valence-electron chi connectivity index (χ0n) is 6.37. The third-order valence-corrected chi connectivity index (χ3v) is 2.84. The zero-order valence-corrected chi connectivity index (χ0v) is 10.1. The molecule has 2 heterocycles. The predicted octanol–water partition coefficient (Wildman–Crippen LogP) is 2.06. The van der Waals surface area contributed by atoms with Gasteiger partial charge in [0.15, 0.2) is 5.65 Å². The number of pyridine rings is 1. The number of hydrogen-bond acceptors (Lipinski definition) is 2. The summed E-state index contributed by atoms with van der Waals surface area (Å²) in [6.07, 6.45) is 3.24. The minimum absolute atomic E-state index is 0.0655. The second kappa shape index (κ2) is 3.38. The molecule has 0 unspecified atom stereocenters. The van der Waals surface area contributed by atoms with Crippen LogP contribution in [0.15, 0.2) is 33.8 Å².